The topological polar surface area (TPSA) is 38.7 Å². The first kappa shape index (κ1) is 16.0. The van der Waals surface area contributed by atoms with Gasteiger partial charge in [0.05, 0.1) is 6.61 Å². The van der Waals surface area contributed by atoms with Crippen LogP contribution in [0.2, 0.25) is 0 Å². The van der Waals surface area contributed by atoms with Crippen LogP contribution in [-0.2, 0) is 32.7 Å². The number of piperidine rings is 1. The Morgan fingerprint density at radius 3 is 2.18 bits per heavy atom. The van der Waals surface area contributed by atoms with Crippen LogP contribution in [0.3, 0.4) is 0 Å². The molecule has 0 spiro atoms. The Balaban J connectivity index is 0.00000144. The number of aliphatic hydroxyl groups excluding tert-OH is 1. The summed E-state index contributed by atoms with van der Waals surface area (Å²) < 4.78 is 0. The summed E-state index contributed by atoms with van der Waals surface area (Å²) in [6.45, 7) is 9.47. The van der Waals surface area contributed by atoms with E-state index in [0.29, 0.717) is 6.61 Å². The smallest absolute Gasteiger partial charge is 0.0558 e. The van der Waals surface area contributed by atoms with Gasteiger partial charge in [0.1, 0.15) is 0 Å². The molecule has 0 bridgehead atoms. The van der Waals surface area contributed by atoms with E-state index in [2.05, 4.69) is 15.1 Å². The fourth-order valence-electron chi connectivity index (χ4n) is 2.77. The van der Waals surface area contributed by atoms with Crippen molar-refractivity contribution in [3.8, 4) is 0 Å². The summed E-state index contributed by atoms with van der Waals surface area (Å²) in [7, 11) is 0. The number of piperazine rings is 1. The molecule has 0 aromatic heterocycles. The van der Waals surface area contributed by atoms with E-state index in [4.69, 9.17) is 5.11 Å². The summed E-state index contributed by atoms with van der Waals surface area (Å²) in [5.41, 5.74) is 0. The van der Waals surface area contributed by atoms with E-state index in [0.717, 1.165) is 25.6 Å². The number of nitrogens with one attached hydrogen (secondary N) is 1. The summed E-state index contributed by atoms with van der Waals surface area (Å²) >= 11 is 0. The van der Waals surface area contributed by atoms with Crippen LogP contribution < -0.4 is 5.32 Å². The van der Waals surface area contributed by atoms with Gasteiger partial charge in [0.15, 0.2) is 0 Å². The Morgan fingerprint density at radius 2 is 1.59 bits per heavy atom. The predicted octanol–water partition coefficient (Wildman–Crippen LogP) is -0.407. The second-order valence-corrected chi connectivity index (χ2v) is 5.06. The fraction of sp³-hybridized carbons (Fsp3) is 1.00. The van der Waals surface area contributed by atoms with Gasteiger partial charge in [0, 0.05) is 72.0 Å². The molecule has 2 fully saturated rings. The molecule has 0 amide bonds. The molecule has 17 heavy (non-hydrogen) atoms. The molecule has 2 heterocycles. The zero-order valence-electron chi connectivity index (χ0n) is 10.8. The van der Waals surface area contributed by atoms with Gasteiger partial charge in [-0.15, -0.1) is 0 Å². The molecule has 4 nitrogen and oxygen atoms in total. The zero-order valence-corrected chi connectivity index (χ0v) is 13.6. The molecular weight excluding hydrogens is 291 g/mol. The summed E-state index contributed by atoms with van der Waals surface area (Å²) in [6, 6.07) is 0. The van der Waals surface area contributed by atoms with E-state index in [-0.39, 0.29) is 32.7 Å². The standard InChI is InChI=1S/C12H25N3O.Y/c16-10-9-14-5-7-15(8-6-14)11-12-1-3-13-4-2-12;/h12-13,16H,1-11H2;. The van der Waals surface area contributed by atoms with Gasteiger partial charge in [-0.1, -0.05) is 0 Å². The molecule has 2 aliphatic rings. The second-order valence-electron chi connectivity index (χ2n) is 5.06. The number of β-amino-alcohol motifs (C(OH)–C–C–N with tert-alkyl or cyclic N) is 1. The maximum Gasteiger partial charge on any atom is 0.0558 e. The van der Waals surface area contributed by atoms with Crippen LogP contribution >= 0.6 is 0 Å². The van der Waals surface area contributed by atoms with Crippen LogP contribution in [0.1, 0.15) is 12.8 Å². The molecule has 2 saturated heterocycles. The Bertz CT molecular complexity index is 192. The quantitative estimate of drug-likeness (QED) is 0.740. The van der Waals surface area contributed by atoms with Crippen molar-refractivity contribution in [1.29, 1.82) is 0 Å². The van der Waals surface area contributed by atoms with E-state index in [9.17, 15) is 0 Å². The minimum absolute atomic E-state index is 0. The SMILES string of the molecule is OCCN1CCN(CC2CCNCC2)CC1.[Y]. The molecule has 2 aliphatic heterocycles. The van der Waals surface area contributed by atoms with Crippen LogP contribution in [0, 0.1) is 5.92 Å². The third-order valence-corrected chi connectivity index (χ3v) is 3.86. The van der Waals surface area contributed by atoms with Gasteiger partial charge < -0.3 is 15.3 Å². The van der Waals surface area contributed by atoms with Crippen LogP contribution in [0.15, 0.2) is 0 Å². The normalized spacial score (nSPS) is 24.5. The van der Waals surface area contributed by atoms with Gasteiger partial charge in [-0.05, 0) is 31.8 Å². The van der Waals surface area contributed by atoms with E-state index in [1.54, 1.807) is 0 Å². The molecule has 0 aromatic rings. The van der Waals surface area contributed by atoms with Crippen molar-refractivity contribution >= 4 is 0 Å². The Labute approximate surface area is 130 Å². The maximum absolute atomic E-state index is 8.88. The van der Waals surface area contributed by atoms with Crippen LogP contribution in [-0.4, -0.2) is 73.9 Å². The van der Waals surface area contributed by atoms with Crippen molar-refractivity contribution < 1.29 is 37.8 Å². The number of hydrogen-bond donors (Lipinski definition) is 2. The Hall–Kier alpha value is 0.944. The Kier molecular flexibility index (Phi) is 8.42. The van der Waals surface area contributed by atoms with Crippen molar-refractivity contribution in [2.24, 2.45) is 5.92 Å². The molecule has 5 heteroatoms. The number of rotatable bonds is 4. The van der Waals surface area contributed by atoms with E-state index in [1.165, 1.54) is 45.6 Å². The van der Waals surface area contributed by atoms with Crippen LogP contribution in [0.25, 0.3) is 0 Å². The van der Waals surface area contributed by atoms with Gasteiger partial charge in [-0.3, -0.25) is 4.90 Å². The van der Waals surface area contributed by atoms with E-state index >= 15 is 0 Å². The van der Waals surface area contributed by atoms with E-state index < -0.39 is 0 Å². The second kappa shape index (κ2) is 8.94. The molecule has 1 radical (unpaired) electrons. The van der Waals surface area contributed by atoms with E-state index in [1.807, 2.05) is 0 Å². The first-order valence-corrected chi connectivity index (χ1v) is 6.65. The maximum atomic E-state index is 8.88. The first-order valence-electron chi connectivity index (χ1n) is 6.65. The fourth-order valence-corrected chi connectivity index (χ4v) is 2.77. The largest absolute Gasteiger partial charge is 0.395 e. The number of nitrogens with zero attached hydrogens (tertiary/aromatic N) is 2. The summed E-state index contributed by atoms with van der Waals surface area (Å²) in [5, 5.41) is 12.3. The number of aliphatic hydroxyl groups is 1. The molecule has 97 valence electrons. The monoisotopic (exact) mass is 316 g/mol. The average molecular weight is 316 g/mol. The van der Waals surface area contributed by atoms with Crippen molar-refractivity contribution in [1.82, 2.24) is 15.1 Å². The van der Waals surface area contributed by atoms with Crippen molar-refractivity contribution in [2.75, 3.05) is 59.0 Å². The third-order valence-electron chi connectivity index (χ3n) is 3.86. The molecule has 2 rings (SSSR count). The molecule has 0 aliphatic carbocycles. The molecule has 0 unspecified atom stereocenters. The van der Waals surface area contributed by atoms with Crippen LogP contribution in [0.4, 0.5) is 0 Å². The molecular formula is C12H25N3OY. The van der Waals surface area contributed by atoms with Gasteiger partial charge >= 0.3 is 0 Å². The van der Waals surface area contributed by atoms with Crippen molar-refractivity contribution in [3.05, 3.63) is 0 Å². The summed E-state index contributed by atoms with van der Waals surface area (Å²) in [5.74, 6) is 0.908. The molecule has 2 N–H and O–H groups in total. The molecule has 0 aromatic carbocycles. The van der Waals surface area contributed by atoms with Gasteiger partial charge in [-0.2, -0.15) is 0 Å². The zero-order chi connectivity index (χ0) is 11.2. The molecule has 0 saturated carbocycles. The minimum atomic E-state index is 0. The average Bonchev–Trinajstić information content (AvgIpc) is 2.33. The van der Waals surface area contributed by atoms with Gasteiger partial charge in [-0.25, -0.2) is 0 Å². The number of hydrogen-bond acceptors (Lipinski definition) is 4. The summed E-state index contributed by atoms with van der Waals surface area (Å²) in [6.07, 6.45) is 2.69. The van der Waals surface area contributed by atoms with Crippen molar-refractivity contribution in [3.63, 3.8) is 0 Å². The predicted molar refractivity (Wildman–Crippen MR) is 65.6 cm³/mol. The van der Waals surface area contributed by atoms with Gasteiger partial charge in [0.2, 0.25) is 0 Å². The summed E-state index contributed by atoms with van der Waals surface area (Å²) in [4.78, 5) is 4.96. The van der Waals surface area contributed by atoms with Crippen molar-refractivity contribution in [2.45, 2.75) is 12.8 Å². The van der Waals surface area contributed by atoms with Gasteiger partial charge in [0.25, 0.3) is 0 Å². The first-order chi connectivity index (χ1) is 7.88. The minimum Gasteiger partial charge on any atom is -0.395 e. The molecule has 0 atom stereocenters. The van der Waals surface area contributed by atoms with Crippen LogP contribution in [0.5, 0.6) is 0 Å². The Morgan fingerprint density at radius 1 is 1.00 bits per heavy atom. The third kappa shape index (κ3) is 5.62.